The number of aromatic nitrogens is 3. The number of halogens is 4. The van der Waals surface area contributed by atoms with Crippen LogP contribution >= 0.6 is 11.3 Å². The van der Waals surface area contributed by atoms with Gasteiger partial charge in [-0.25, -0.2) is 14.4 Å². The molecule has 1 saturated carbocycles. The lowest BCUT2D eigenvalue weighted by atomic mass is 9.62. The number of nitrogens with one attached hydrogen (secondary N) is 1. The van der Waals surface area contributed by atoms with Crippen LogP contribution in [0.25, 0.3) is 0 Å². The van der Waals surface area contributed by atoms with Gasteiger partial charge in [0.15, 0.2) is 11.2 Å². The van der Waals surface area contributed by atoms with Gasteiger partial charge in [-0.15, -0.1) is 11.3 Å². The van der Waals surface area contributed by atoms with Crippen molar-refractivity contribution in [3.05, 3.63) is 99.1 Å². The van der Waals surface area contributed by atoms with Crippen molar-refractivity contribution >= 4 is 28.3 Å². The molecule has 2 atom stereocenters. The zero-order chi connectivity index (χ0) is 34.1. The van der Waals surface area contributed by atoms with Crippen LogP contribution in [0.15, 0.2) is 54.3 Å². The molecule has 49 heavy (non-hydrogen) atoms. The molecular formula is C35H30F4N6O3S. The second kappa shape index (κ2) is 11.8. The number of nitrogens with zero attached hydrogens (tertiary/aromatic N) is 5. The highest BCUT2D eigenvalue weighted by Gasteiger charge is 2.51. The Hall–Kier alpha value is -4.58. The van der Waals surface area contributed by atoms with E-state index in [-0.39, 0.29) is 52.0 Å². The first kappa shape index (κ1) is 31.7. The molecular weight excluding hydrogens is 660 g/mol. The molecule has 0 radical (unpaired) electrons. The lowest BCUT2D eigenvalue weighted by Crippen LogP contribution is -2.63. The molecule has 2 fully saturated rings. The predicted octanol–water partition coefficient (Wildman–Crippen LogP) is 4.94. The van der Waals surface area contributed by atoms with Crippen LogP contribution < -0.4 is 5.32 Å². The molecule has 9 nitrogen and oxygen atoms in total. The number of hydrogen-bond donors (Lipinski definition) is 2. The monoisotopic (exact) mass is 690 g/mol. The fourth-order valence-electron chi connectivity index (χ4n) is 7.66. The van der Waals surface area contributed by atoms with Crippen LogP contribution in [-0.2, 0) is 37.0 Å². The van der Waals surface area contributed by atoms with E-state index in [1.54, 1.807) is 9.95 Å². The maximum Gasteiger partial charge on any atom is 0.416 e. The molecule has 0 bridgehead atoms. The SMILES string of the molecule is O=C(Nc1nccs1)C(c1ncn2c1CC(F)C2)N1Cc2c(cc(C#Cc3ccc(CN4CC5(CC(O)C5)C4)cc3)cc2C(F)(F)F)C1=O. The Balaban J connectivity index is 1.06. The molecule has 3 aliphatic heterocycles. The summed E-state index contributed by atoms with van der Waals surface area (Å²) in [4.78, 5) is 39.4. The first-order valence-electron chi connectivity index (χ1n) is 15.9. The van der Waals surface area contributed by atoms with Gasteiger partial charge in [0.1, 0.15) is 6.17 Å². The van der Waals surface area contributed by atoms with Crippen LogP contribution in [-0.4, -0.2) is 66.6 Å². The Morgan fingerprint density at radius 2 is 1.88 bits per heavy atom. The molecule has 1 saturated heterocycles. The van der Waals surface area contributed by atoms with Gasteiger partial charge in [-0.3, -0.25) is 19.8 Å². The number of hydrogen-bond acceptors (Lipinski definition) is 7. The first-order chi connectivity index (χ1) is 23.4. The highest BCUT2D eigenvalue weighted by atomic mass is 32.1. The van der Waals surface area contributed by atoms with Crippen molar-refractivity contribution in [1.29, 1.82) is 0 Å². The number of anilines is 1. The van der Waals surface area contributed by atoms with E-state index in [0.717, 1.165) is 60.3 Å². The van der Waals surface area contributed by atoms with Crippen molar-refractivity contribution in [3.63, 3.8) is 0 Å². The standard InChI is InChI=1S/C35H30F4N6O3S/c36-23-11-28-29(41-19-44(28)15-23)30(31(47)42-33-40-7-8-49-33)45-16-26-25(32(45)48)9-22(10-27(26)35(37,38)39)6-3-20-1-4-21(5-2-20)14-43-17-34(18-43)12-24(46)13-34/h1-2,4-5,7-10,19,23-24,30,46H,11-18H2,(H,40,42,47). The summed E-state index contributed by atoms with van der Waals surface area (Å²) in [6.45, 7) is 2.22. The van der Waals surface area contributed by atoms with E-state index in [2.05, 4.69) is 32.0 Å². The molecule has 4 aliphatic rings. The van der Waals surface area contributed by atoms with Crippen molar-refractivity contribution in [2.24, 2.45) is 5.41 Å². The average molecular weight is 691 g/mol. The van der Waals surface area contributed by atoms with Crippen LogP contribution in [0.5, 0.6) is 0 Å². The van der Waals surface area contributed by atoms with E-state index in [9.17, 15) is 32.3 Å². The Labute approximate surface area is 282 Å². The fraction of sp³-hybridized carbons (Fsp3) is 0.371. The lowest BCUT2D eigenvalue weighted by molar-refractivity contribution is -0.138. The lowest BCUT2D eigenvalue weighted by Gasteiger charge is -2.58. The van der Waals surface area contributed by atoms with Gasteiger partial charge in [-0.2, -0.15) is 13.2 Å². The normalized spacial score (nSPS) is 20.3. The van der Waals surface area contributed by atoms with Gasteiger partial charge in [0.2, 0.25) is 0 Å². The van der Waals surface area contributed by atoms with Gasteiger partial charge in [0.25, 0.3) is 11.8 Å². The second-order valence-corrected chi connectivity index (χ2v) is 14.3. The van der Waals surface area contributed by atoms with Gasteiger partial charge < -0.3 is 14.6 Å². The smallest absolute Gasteiger partial charge is 0.393 e. The topological polar surface area (TPSA) is 104 Å². The van der Waals surface area contributed by atoms with Crippen molar-refractivity contribution in [2.45, 2.75) is 63.4 Å². The number of benzene rings is 2. The van der Waals surface area contributed by atoms with Gasteiger partial charge >= 0.3 is 6.18 Å². The average Bonchev–Trinajstić information content (AvgIpc) is 3.81. The molecule has 2 aromatic carbocycles. The van der Waals surface area contributed by atoms with Crippen LogP contribution in [0.4, 0.5) is 22.7 Å². The quantitative estimate of drug-likeness (QED) is 0.220. The largest absolute Gasteiger partial charge is 0.416 e. The maximum absolute atomic E-state index is 14.5. The van der Waals surface area contributed by atoms with Crippen molar-refractivity contribution < 1.29 is 32.3 Å². The Morgan fingerprint density at radius 3 is 2.57 bits per heavy atom. The summed E-state index contributed by atoms with van der Waals surface area (Å²) in [5.41, 5.74) is 1.01. The summed E-state index contributed by atoms with van der Waals surface area (Å²) in [5, 5.41) is 14.1. The van der Waals surface area contributed by atoms with Crippen LogP contribution in [0.2, 0.25) is 0 Å². The van der Waals surface area contributed by atoms with Gasteiger partial charge in [0, 0.05) is 72.0 Å². The molecule has 8 rings (SSSR count). The zero-order valence-electron chi connectivity index (χ0n) is 26.0. The van der Waals surface area contributed by atoms with Crippen molar-refractivity contribution in [3.8, 4) is 11.8 Å². The minimum absolute atomic E-state index is 0.00542. The number of likely N-dealkylation sites (tertiary alicyclic amines) is 1. The Morgan fingerprint density at radius 1 is 1.12 bits per heavy atom. The summed E-state index contributed by atoms with van der Waals surface area (Å²) in [6.07, 6.45) is -1.66. The van der Waals surface area contributed by atoms with Gasteiger partial charge in [-0.1, -0.05) is 24.0 Å². The molecule has 252 valence electrons. The summed E-state index contributed by atoms with van der Waals surface area (Å²) in [7, 11) is 0. The zero-order valence-corrected chi connectivity index (χ0v) is 26.8. The van der Waals surface area contributed by atoms with E-state index in [1.807, 2.05) is 24.3 Å². The number of carbonyl (C=O) groups excluding carboxylic acids is 2. The molecule has 5 heterocycles. The molecule has 1 aliphatic carbocycles. The summed E-state index contributed by atoms with van der Waals surface area (Å²) >= 11 is 1.14. The van der Waals surface area contributed by atoms with E-state index >= 15 is 0 Å². The summed E-state index contributed by atoms with van der Waals surface area (Å²) in [6, 6.07) is 8.33. The van der Waals surface area contributed by atoms with Crippen molar-refractivity contribution in [2.75, 3.05) is 18.4 Å². The molecule has 14 heteroatoms. The van der Waals surface area contributed by atoms with Crippen molar-refractivity contribution in [1.82, 2.24) is 24.3 Å². The van der Waals surface area contributed by atoms with E-state index in [4.69, 9.17) is 0 Å². The summed E-state index contributed by atoms with van der Waals surface area (Å²) < 4.78 is 59.4. The Kier molecular flexibility index (Phi) is 7.62. The maximum atomic E-state index is 14.5. The number of alkyl halides is 4. The van der Waals surface area contributed by atoms with Gasteiger partial charge in [0.05, 0.1) is 30.2 Å². The number of amides is 2. The first-order valence-corrected chi connectivity index (χ1v) is 16.8. The molecule has 2 amide bonds. The second-order valence-electron chi connectivity index (χ2n) is 13.4. The minimum atomic E-state index is -4.80. The molecule has 4 aromatic rings. The minimum Gasteiger partial charge on any atom is -0.393 e. The number of aliphatic hydroxyl groups is 1. The third kappa shape index (κ3) is 5.89. The Bertz CT molecular complexity index is 2000. The molecule has 1 spiro atoms. The summed E-state index contributed by atoms with van der Waals surface area (Å²) in [5.74, 6) is 4.22. The number of carbonyl (C=O) groups is 2. The van der Waals surface area contributed by atoms with Crippen LogP contribution in [0.3, 0.4) is 0 Å². The molecule has 2 unspecified atom stereocenters. The third-order valence-electron chi connectivity index (χ3n) is 9.81. The van der Waals surface area contributed by atoms with E-state index < -0.39 is 42.3 Å². The van der Waals surface area contributed by atoms with Crippen LogP contribution in [0, 0.1) is 17.3 Å². The third-order valence-corrected chi connectivity index (χ3v) is 10.5. The van der Waals surface area contributed by atoms with Gasteiger partial charge in [-0.05, 0) is 48.2 Å². The number of fused-ring (bicyclic) bond motifs is 2. The number of thiazole rings is 1. The molecule has 2 aromatic heterocycles. The van der Waals surface area contributed by atoms with E-state index in [0.29, 0.717) is 11.3 Å². The van der Waals surface area contributed by atoms with Crippen LogP contribution in [0.1, 0.15) is 68.4 Å². The van der Waals surface area contributed by atoms with E-state index in [1.165, 1.54) is 18.6 Å². The predicted molar refractivity (Wildman–Crippen MR) is 171 cm³/mol. The highest BCUT2D eigenvalue weighted by molar-refractivity contribution is 7.13. The number of rotatable bonds is 6. The molecule has 2 N–H and O–H groups in total. The highest BCUT2D eigenvalue weighted by Crippen LogP contribution is 2.48. The fourth-order valence-corrected chi connectivity index (χ4v) is 8.19. The number of aliphatic hydroxyl groups excluding tert-OH is 1. The number of imidazole rings is 1.